The number of nitrogens with two attached hydrogens (primary N) is 1. The predicted octanol–water partition coefficient (Wildman–Crippen LogP) is 1.53. The van der Waals surface area contributed by atoms with Gasteiger partial charge in [-0.1, -0.05) is 42.5 Å². The number of nitrogens with one attached hydrogen (secondary N) is 2. The van der Waals surface area contributed by atoms with Crippen molar-refractivity contribution in [2.24, 2.45) is 11.7 Å². The lowest BCUT2D eigenvalue weighted by molar-refractivity contribution is -0.133. The van der Waals surface area contributed by atoms with Gasteiger partial charge in [0, 0.05) is 44.9 Å². The summed E-state index contributed by atoms with van der Waals surface area (Å²) < 4.78 is 39.0. The van der Waals surface area contributed by atoms with E-state index in [1.54, 1.807) is 18.2 Å². The highest BCUT2D eigenvalue weighted by molar-refractivity contribution is 7.88. The Morgan fingerprint density at radius 3 is 2.27 bits per heavy atom. The van der Waals surface area contributed by atoms with E-state index in [0.717, 1.165) is 11.1 Å². The van der Waals surface area contributed by atoms with Crippen molar-refractivity contribution in [1.29, 1.82) is 0 Å². The summed E-state index contributed by atoms with van der Waals surface area (Å²) in [7, 11) is -3.21. The van der Waals surface area contributed by atoms with Crippen molar-refractivity contribution >= 4 is 21.8 Å². The SMILES string of the molecule is CS(=O)(=O)N1CCC(CNC(=O)C2(NC(=O)C[C@H](N)Cc3ccccc3F)Cc3ccccc3C2)CC1. The molecule has 0 saturated carbocycles. The minimum atomic E-state index is -3.21. The number of nitrogens with zero attached hydrogens (tertiary/aromatic N) is 1. The molecule has 2 aromatic rings. The second kappa shape index (κ2) is 11.3. The first-order chi connectivity index (χ1) is 17.6. The summed E-state index contributed by atoms with van der Waals surface area (Å²) in [5.41, 5.74) is 7.51. The Bertz CT molecular complexity index is 1220. The van der Waals surface area contributed by atoms with Crippen LogP contribution in [-0.2, 0) is 38.9 Å². The van der Waals surface area contributed by atoms with E-state index in [4.69, 9.17) is 5.73 Å². The van der Waals surface area contributed by atoms with Crippen LogP contribution in [0.3, 0.4) is 0 Å². The fraction of sp³-hybridized carbons (Fsp3) is 0.481. The third-order valence-electron chi connectivity index (χ3n) is 7.40. The number of fused-ring (bicyclic) bond motifs is 1. The molecular formula is C27H35FN4O4S. The summed E-state index contributed by atoms with van der Waals surface area (Å²) in [5.74, 6) is -0.811. The summed E-state index contributed by atoms with van der Waals surface area (Å²) in [6.45, 7) is 1.29. The van der Waals surface area contributed by atoms with E-state index in [0.29, 0.717) is 50.9 Å². The van der Waals surface area contributed by atoms with Gasteiger partial charge in [0.1, 0.15) is 11.4 Å². The van der Waals surface area contributed by atoms with Crippen LogP contribution in [0, 0.1) is 11.7 Å². The van der Waals surface area contributed by atoms with Crippen molar-refractivity contribution in [3.63, 3.8) is 0 Å². The standard InChI is InChI=1S/C27H35FN4O4S/c1-37(35,36)32-12-10-19(11-13-32)18-30-26(34)27(16-21-7-2-3-8-22(21)17-27)31-25(33)15-23(29)14-20-6-4-5-9-24(20)28/h2-9,19,23H,10-18,29H2,1H3,(H,30,34)(H,31,33)/t23-/m1/s1. The van der Waals surface area contributed by atoms with Gasteiger partial charge in [-0.25, -0.2) is 17.1 Å². The first-order valence-electron chi connectivity index (χ1n) is 12.7. The van der Waals surface area contributed by atoms with E-state index in [1.807, 2.05) is 24.3 Å². The fourth-order valence-corrected chi connectivity index (χ4v) is 6.22. The minimum Gasteiger partial charge on any atom is -0.354 e. The Morgan fingerprint density at radius 1 is 1.08 bits per heavy atom. The van der Waals surface area contributed by atoms with Crippen LogP contribution in [0.15, 0.2) is 48.5 Å². The molecule has 4 N–H and O–H groups in total. The van der Waals surface area contributed by atoms with Crippen LogP contribution in [0.2, 0.25) is 0 Å². The molecule has 1 heterocycles. The van der Waals surface area contributed by atoms with Gasteiger partial charge in [0.05, 0.1) is 6.26 Å². The molecule has 0 bridgehead atoms. The van der Waals surface area contributed by atoms with Gasteiger partial charge in [0.15, 0.2) is 0 Å². The number of carbonyl (C=O) groups is 2. The number of amides is 2. The van der Waals surface area contributed by atoms with Gasteiger partial charge >= 0.3 is 0 Å². The zero-order valence-corrected chi connectivity index (χ0v) is 21.9. The molecule has 1 aliphatic carbocycles. The molecule has 0 radical (unpaired) electrons. The zero-order valence-electron chi connectivity index (χ0n) is 21.1. The second-order valence-corrected chi connectivity index (χ2v) is 12.3. The molecule has 0 aromatic heterocycles. The first kappa shape index (κ1) is 27.2. The van der Waals surface area contributed by atoms with E-state index < -0.39 is 21.6 Å². The van der Waals surface area contributed by atoms with E-state index in [1.165, 1.54) is 16.6 Å². The van der Waals surface area contributed by atoms with Crippen LogP contribution < -0.4 is 16.4 Å². The fourth-order valence-electron chi connectivity index (χ4n) is 5.35. The Hall–Kier alpha value is -2.82. The third kappa shape index (κ3) is 6.74. The topological polar surface area (TPSA) is 122 Å². The Morgan fingerprint density at radius 2 is 1.68 bits per heavy atom. The molecule has 2 amide bonds. The van der Waals surface area contributed by atoms with Crippen molar-refractivity contribution in [1.82, 2.24) is 14.9 Å². The van der Waals surface area contributed by atoms with E-state index >= 15 is 0 Å². The predicted molar refractivity (Wildman–Crippen MR) is 140 cm³/mol. The number of piperidine rings is 1. The zero-order chi connectivity index (χ0) is 26.6. The summed E-state index contributed by atoms with van der Waals surface area (Å²) >= 11 is 0. The number of carbonyl (C=O) groups excluding carboxylic acids is 2. The number of benzene rings is 2. The molecule has 0 unspecified atom stereocenters. The van der Waals surface area contributed by atoms with Crippen molar-refractivity contribution in [2.45, 2.75) is 50.1 Å². The van der Waals surface area contributed by atoms with Crippen LogP contribution in [0.4, 0.5) is 4.39 Å². The molecule has 1 saturated heterocycles. The van der Waals surface area contributed by atoms with Gasteiger partial charge in [-0.2, -0.15) is 0 Å². The van der Waals surface area contributed by atoms with Crippen LogP contribution in [0.1, 0.15) is 36.0 Å². The molecule has 1 fully saturated rings. The molecule has 8 nitrogen and oxygen atoms in total. The monoisotopic (exact) mass is 530 g/mol. The third-order valence-corrected chi connectivity index (χ3v) is 8.70. The average molecular weight is 531 g/mol. The summed E-state index contributed by atoms with van der Waals surface area (Å²) in [5, 5.41) is 6.00. The lowest BCUT2D eigenvalue weighted by Crippen LogP contribution is -2.60. The average Bonchev–Trinajstić information content (AvgIpc) is 3.22. The quantitative estimate of drug-likeness (QED) is 0.454. The van der Waals surface area contributed by atoms with E-state index in [2.05, 4.69) is 10.6 Å². The smallest absolute Gasteiger partial charge is 0.246 e. The largest absolute Gasteiger partial charge is 0.354 e. The number of rotatable bonds is 9. The van der Waals surface area contributed by atoms with Gasteiger partial charge in [-0.05, 0) is 47.9 Å². The molecule has 2 aromatic carbocycles. The highest BCUT2D eigenvalue weighted by Gasteiger charge is 2.45. The Labute approximate surface area is 217 Å². The van der Waals surface area contributed by atoms with Crippen molar-refractivity contribution < 1.29 is 22.4 Å². The Kier molecular flexibility index (Phi) is 8.30. The number of sulfonamides is 1. The van der Waals surface area contributed by atoms with Gasteiger partial charge in [0.25, 0.3) is 0 Å². The Balaban J connectivity index is 1.39. The molecule has 10 heteroatoms. The lowest BCUT2D eigenvalue weighted by atomic mass is 9.92. The summed E-state index contributed by atoms with van der Waals surface area (Å²) in [6, 6.07) is 13.5. The number of hydrogen-bond acceptors (Lipinski definition) is 5. The highest BCUT2D eigenvalue weighted by Crippen LogP contribution is 2.31. The maximum Gasteiger partial charge on any atom is 0.246 e. The first-order valence-corrected chi connectivity index (χ1v) is 14.5. The molecule has 200 valence electrons. The van der Waals surface area contributed by atoms with Crippen LogP contribution in [0.25, 0.3) is 0 Å². The van der Waals surface area contributed by atoms with Gasteiger partial charge in [0.2, 0.25) is 21.8 Å². The van der Waals surface area contributed by atoms with Gasteiger partial charge < -0.3 is 16.4 Å². The minimum absolute atomic E-state index is 0.0380. The van der Waals surface area contributed by atoms with Crippen molar-refractivity contribution in [3.8, 4) is 0 Å². The van der Waals surface area contributed by atoms with Gasteiger partial charge in [-0.15, -0.1) is 0 Å². The van der Waals surface area contributed by atoms with Crippen molar-refractivity contribution in [3.05, 3.63) is 71.0 Å². The van der Waals surface area contributed by atoms with Gasteiger partial charge in [-0.3, -0.25) is 9.59 Å². The highest BCUT2D eigenvalue weighted by atomic mass is 32.2. The van der Waals surface area contributed by atoms with Crippen LogP contribution in [0.5, 0.6) is 0 Å². The molecule has 37 heavy (non-hydrogen) atoms. The molecule has 1 aliphatic heterocycles. The maximum atomic E-state index is 14.0. The number of hydrogen-bond donors (Lipinski definition) is 3. The summed E-state index contributed by atoms with van der Waals surface area (Å²) in [4.78, 5) is 26.6. The maximum absolute atomic E-state index is 14.0. The van der Waals surface area contributed by atoms with Crippen LogP contribution >= 0.6 is 0 Å². The van der Waals surface area contributed by atoms with E-state index in [9.17, 15) is 22.4 Å². The summed E-state index contributed by atoms with van der Waals surface area (Å²) in [6.07, 6.45) is 3.46. The molecular weight excluding hydrogens is 495 g/mol. The van der Waals surface area contributed by atoms with Crippen LogP contribution in [-0.4, -0.2) is 62.0 Å². The molecule has 0 spiro atoms. The van der Waals surface area contributed by atoms with E-state index in [-0.39, 0.29) is 36.4 Å². The molecule has 4 rings (SSSR count). The normalized spacial score (nSPS) is 18.7. The second-order valence-electron chi connectivity index (χ2n) is 10.3. The lowest BCUT2D eigenvalue weighted by Gasteiger charge is -2.33. The molecule has 2 aliphatic rings. The van der Waals surface area contributed by atoms with Crippen molar-refractivity contribution in [2.75, 3.05) is 25.9 Å². The molecule has 1 atom stereocenters. The number of halogens is 1.